The molecule has 25 heavy (non-hydrogen) atoms. The maximum absolute atomic E-state index is 12.0. The molecule has 0 saturated heterocycles. The molecule has 0 heterocycles. The van der Waals surface area contributed by atoms with Gasteiger partial charge in [0, 0.05) is 12.2 Å². The van der Waals surface area contributed by atoms with Crippen LogP contribution in [0.3, 0.4) is 0 Å². The molecule has 0 radical (unpaired) electrons. The van der Waals surface area contributed by atoms with Crippen LogP contribution >= 0.6 is 11.8 Å². The van der Waals surface area contributed by atoms with Gasteiger partial charge in [0.25, 0.3) is 0 Å². The fourth-order valence-electron chi connectivity index (χ4n) is 1.69. The van der Waals surface area contributed by atoms with Crippen LogP contribution in [0.15, 0.2) is 24.3 Å². The highest BCUT2D eigenvalue weighted by atomic mass is 32.2. The first-order valence-electron chi connectivity index (χ1n) is 7.19. The maximum Gasteiger partial charge on any atom is 0.573 e. The minimum Gasteiger partial charge on any atom is -0.406 e. The number of hydrogen-bond donors (Lipinski definition) is 3. The van der Waals surface area contributed by atoms with Gasteiger partial charge in [0.1, 0.15) is 5.75 Å². The molecule has 1 aromatic carbocycles. The fourth-order valence-corrected chi connectivity index (χ4v) is 2.33. The summed E-state index contributed by atoms with van der Waals surface area (Å²) in [5, 5.41) is 14.6. The molecule has 2 amide bonds. The van der Waals surface area contributed by atoms with Crippen molar-refractivity contribution in [3.63, 3.8) is 0 Å². The smallest absolute Gasteiger partial charge is 0.406 e. The Bertz CT molecular complexity index is 591. The van der Waals surface area contributed by atoms with Gasteiger partial charge in [0.2, 0.25) is 0 Å². The highest BCUT2D eigenvalue weighted by molar-refractivity contribution is 7.98. The lowest BCUT2D eigenvalue weighted by atomic mass is 10.0. The topological polar surface area (TPSA) is 87.7 Å². The molecule has 0 aromatic heterocycles. The summed E-state index contributed by atoms with van der Waals surface area (Å²) in [5.41, 5.74) is -1.01. The van der Waals surface area contributed by atoms with Crippen molar-refractivity contribution >= 4 is 29.3 Å². The Labute approximate surface area is 147 Å². The number of ether oxygens (including phenoxy) is 1. The van der Waals surface area contributed by atoms with E-state index in [2.05, 4.69) is 15.4 Å². The minimum atomic E-state index is -4.81. The second kappa shape index (κ2) is 8.95. The number of aliphatic hydroxyl groups is 1. The number of alkyl halides is 3. The third-order valence-electron chi connectivity index (χ3n) is 3.03. The molecule has 0 bridgehead atoms. The van der Waals surface area contributed by atoms with Gasteiger partial charge in [-0.05, 0) is 49.6 Å². The van der Waals surface area contributed by atoms with Crippen LogP contribution in [0.4, 0.5) is 18.9 Å². The number of carbonyl (C=O) groups excluding carboxylic acids is 2. The summed E-state index contributed by atoms with van der Waals surface area (Å²) < 4.78 is 39.8. The van der Waals surface area contributed by atoms with Crippen LogP contribution in [0.1, 0.15) is 13.3 Å². The Morgan fingerprint density at radius 1 is 1.20 bits per heavy atom. The summed E-state index contributed by atoms with van der Waals surface area (Å²) in [5.74, 6) is -1.70. The van der Waals surface area contributed by atoms with E-state index in [1.54, 1.807) is 18.7 Å². The maximum atomic E-state index is 12.0. The Morgan fingerprint density at radius 3 is 2.32 bits per heavy atom. The lowest BCUT2D eigenvalue weighted by molar-refractivity contribution is -0.274. The van der Waals surface area contributed by atoms with Crippen molar-refractivity contribution in [2.45, 2.75) is 25.3 Å². The van der Waals surface area contributed by atoms with Crippen LogP contribution in [0.2, 0.25) is 0 Å². The Morgan fingerprint density at radius 2 is 1.80 bits per heavy atom. The monoisotopic (exact) mass is 380 g/mol. The number of rotatable bonds is 7. The highest BCUT2D eigenvalue weighted by Crippen LogP contribution is 2.23. The van der Waals surface area contributed by atoms with Gasteiger partial charge in [-0.25, -0.2) is 0 Å². The molecule has 140 valence electrons. The molecule has 0 fully saturated rings. The molecule has 1 atom stereocenters. The van der Waals surface area contributed by atoms with E-state index in [1.165, 1.54) is 12.1 Å². The Kier molecular flexibility index (Phi) is 7.56. The van der Waals surface area contributed by atoms with Crippen LogP contribution in [-0.4, -0.2) is 47.4 Å². The molecule has 0 aliphatic carbocycles. The van der Waals surface area contributed by atoms with Crippen molar-refractivity contribution in [2.24, 2.45) is 0 Å². The molecule has 0 saturated carbocycles. The van der Waals surface area contributed by atoms with E-state index in [9.17, 15) is 27.9 Å². The molecular weight excluding hydrogens is 361 g/mol. The highest BCUT2D eigenvalue weighted by Gasteiger charge is 2.31. The van der Waals surface area contributed by atoms with Crippen LogP contribution in [0, 0.1) is 0 Å². The van der Waals surface area contributed by atoms with Crippen LogP contribution in [0.5, 0.6) is 5.75 Å². The zero-order valence-electron chi connectivity index (χ0n) is 13.6. The zero-order valence-corrected chi connectivity index (χ0v) is 14.5. The number of thioether (sulfide) groups is 1. The lowest BCUT2D eigenvalue weighted by Crippen LogP contribution is -2.44. The first-order valence-corrected chi connectivity index (χ1v) is 8.58. The summed E-state index contributed by atoms with van der Waals surface area (Å²) in [6.45, 7) is 1.44. The van der Waals surface area contributed by atoms with Crippen LogP contribution in [-0.2, 0) is 9.59 Å². The lowest BCUT2D eigenvalue weighted by Gasteiger charge is -2.23. The van der Waals surface area contributed by atoms with Crippen molar-refractivity contribution in [1.82, 2.24) is 5.32 Å². The first kappa shape index (κ1) is 21.1. The predicted molar refractivity (Wildman–Crippen MR) is 88.4 cm³/mol. The molecule has 10 heteroatoms. The van der Waals surface area contributed by atoms with Crippen molar-refractivity contribution in [3.05, 3.63) is 24.3 Å². The molecular formula is C15H19F3N2O4S. The van der Waals surface area contributed by atoms with Crippen LogP contribution in [0.25, 0.3) is 0 Å². The van der Waals surface area contributed by atoms with Gasteiger partial charge >= 0.3 is 18.2 Å². The molecule has 6 nitrogen and oxygen atoms in total. The zero-order chi connectivity index (χ0) is 19.1. The number of anilines is 1. The number of carbonyl (C=O) groups is 2. The molecule has 1 unspecified atom stereocenters. The molecule has 1 rings (SSSR count). The second-order valence-corrected chi connectivity index (χ2v) is 6.43. The number of benzene rings is 1. The molecule has 0 aliphatic rings. The summed E-state index contributed by atoms with van der Waals surface area (Å²) >= 11 is 1.54. The number of halogens is 3. The van der Waals surface area contributed by atoms with Gasteiger partial charge in [-0.2, -0.15) is 11.8 Å². The predicted octanol–water partition coefficient (Wildman–Crippen LogP) is 2.14. The summed E-state index contributed by atoms with van der Waals surface area (Å²) in [6.07, 6.45) is -2.48. The van der Waals surface area contributed by atoms with E-state index in [0.717, 1.165) is 12.1 Å². The Hall–Kier alpha value is -1.94. The minimum absolute atomic E-state index is 0.0990. The number of amides is 2. The number of nitrogens with one attached hydrogen (secondary N) is 2. The van der Waals surface area contributed by atoms with Crippen molar-refractivity contribution < 1.29 is 32.6 Å². The van der Waals surface area contributed by atoms with Gasteiger partial charge < -0.3 is 20.5 Å². The molecule has 0 aliphatic heterocycles. The van der Waals surface area contributed by atoms with E-state index >= 15 is 0 Å². The van der Waals surface area contributed by atoms with Crippen LogP contribution < -0.4 is 15.4 Å². The largest absolute Gasteiger partial charge is 0.573 e. The third-order valence-corrected chi connectivity index (χ3v) is 3.64. The van der Waals surface area contributed by atoms with Gasteiger partial charge in [0.15, 0.2) is 0 Å². The van der Waals surface area contributed by atoms with E-state index in [4.69, 9.17) is 0 Å². The molecule has 3 N–H and O–H groups in total. The van der Waals surface area contributed by atoms with Gasteiger partial charge in [-0.3, -0.25) is 9.59 Å². The fraction of sp³-hybridized carbons (Fsp3) is 0.467. The summed E-state index contributed by atoms with van der Waals surface area (Å²) in [4.78, 5) is 23.4. The van der Waals surface area contributed by atoms with Crippen molar-refractivity contribution in [3.8, 4) is 5.75 Å². The number of hydrogen-bond acceptors (Lipinski definition) is 5. The summed E-state index contributed by atoms with van der Waals surface area (Å²) in [6, 6.07) is 4.35. The summed E-state index contributed by atoms with van der Waals surface area (Å²) in [7, 11) is 0. The molecule has 1 aromatic rings. The van der Waals surface area contributed by atoms with E-state index in [-0.39, 0.29) is 12.2 Å². The van der Waals surface area contributed by atoms with Gasteiger partial charge in [0.05, 0.1) is 5.60 Å². The Balaban J connectivity index is 2.51. The first-order chi connectivity index (χ1) is 11.5. The van der Waals surface area contributed by atoms with E-state index in [1.807, 2.05) is 6.26 Å². The second-order valence-electron chi connectivity index (χ2n) is 5.45. The van der Waals surface area contributed by atoms with E-state index in [0.29, 0.717) is 12.2 Å². The van der Waals surface area contributed by atoms with Gasteiger partial charge in [-0.1, -0.05) is 0 Å². The van der Waals surface area contributed by atoms with E-state index < -0.39 is 29.5 Å². The normalized spacial score (nSPS) is 13.7. The average molecular weight is 380 g/mol. The van der Waals surface area contributed by atoms with Crippen molar-refractivity contribution in [1.29, 1.82) is 0 Å². The quantitative estimate of drug-likeness (QED) is 0.631. The third kappa shape index (κ3) is 8.64. The standard InChI is InChI=1S/C15H19F3N2O4S/c1-14(23,7-8-25-2)9-19-12(21)13(22)20-10-3-5-11(6-4-10)24-15(16,17)18/h3-6,23H,7-9H2,1-2H3,(H,19,21)(H,20,22). The van der Waals surface area contributed by atoms with Crippen molar-refractivity contribution in [2.75, 3.05) is 23.9 Å². The SMILES string of the molecule is CSCCC(C)(O)CNC(=O)C(=O)Nc1ccc(OC(F)(F)F)cc1. The average Bonchev–Trinajstić information content (AvgIpc) is 2.51. The van der Waals surface area contributed by atoms with Gasteiger partial charge in [-0.15, -0.1) is 13.2 Å². The molecule has 0 spiro atoms.